The summed E-state index contributed by atoms with van der Waals surface area (Å²) >= 11 is 3.34. The van der Waals surface area contributed by atoms with Gasteiger partial charge in [0.25, 0.3) is 5.91 Å². The number of nitrogens with zero attached hydrogens (tertiary/aromatic N) is 1. The highest BCUT2D eigenvalue weighted by molar-refractivity contribution is 9.10. The number of H-pyrrole nitrogens is 1. The third-order valence-electron chi connectivity index (χ3n) is 4.85. The first-order chi connectivity index (χ1) is 15.4. The summed E-state index contributed by atoms with van der Waals surface area (Å²) < 4.78 is 11.4. The Morgan fingerprint density at radius 2 is 1.75 bits per heavy atom. The van der Waals surface area contributed by atoms with Crippen LogP contribution in [-0.4, -0.2) is 35.1 Å². The van der Waals surface area contributed by atoms with Crippen molar-refractivity contribution in [2.75, 3.05) is 12.4 Å². The number of imidazole rings is 1. The minimum atomic E-state index is -0.960. The van der Waals surface area contributed by atoms with Crippen molar-refractivity contribution in [3.63, 3.8) is 0 Å². The van der Waals surface area contributed by atoms with Gasteiger partial charge in [-0.3, -0.25) is 4.79 Å². The molecule has 162 valence electrons. The van der Waals surface area contributed by atoms with Crippen molar-refractivity contribution in [2.24, 2.45) is 0 Å². The van der Waals surface area contributed by atoms with E-state index in [0.717, 1.165) is 15.8 Å². The number of fused-ring (bicyclic) bond motifs is 1. The van der Waals surface area contributed by atoms with Crippen LogP contribution in [0.3, 0.4) is 0 Å². The van der Waals surface area contributed by atoms with E-state index in [4.69, 9.17) is 9.47 Å². The smallest absolute Gasteiger partial charge is 0.338 e. The van der Waals surface area contributed by atoms with Crippen LogP contribution in [0.5, 0.6) is 5.75 Å². The van der Waals surface area contributed by atoms with Gasteiger partial charge in [0, 0.05) is 15.7 Å². The van der Waals surface area contributed by atoms with Crippen molar-refractivity contribution in [3.05, 3.63) is 76.8 Å². The molecule has 0 saturated carbocycles. The molecule has 7 nitrogen and oxygen atoms in total. The van der Waals surface area contributed by atoms with Crippen LogP contribution in [0.1, 0.15) is 17.3 Å². The number of benzene rings is 3. The number of carbonyl (C=O) groups is 2. The quantitative estimate of drug-likeness (QED) is 0.360. The first-order valence-electron chi connectivity index (χ1n) is 9.84. The van der Waals surface area contributed by atoms with Crippen molar-refractivity contribution >= 4 is 44.5 Å². The Morgan fingerprint density at radius 1 is 1.03 bits per heavy atom. The molecule has 0 aliphatic carbocycles. The second-order valence-corrected chi connectivity index (χ2v) is 8.01. The summed E-state index contributed by atoms with van der Waals surface area (Å²) in [5.74, 6) is 0.430. The Morgan fingerprint density at radius 3 is 2.44 bits per heavy atom. The van der Waals surface area contributed by atoms with Gasteiger partial charge in [-0.05, 0) is 73.7 Å². The summed E-state index contributed by atoms with van der Waals surface area (Å²) in [5, 5.41) is 2.72. The maximum atomic E-state index is 12.6. The second-order valence-electron chi connectivity index (χ2n) is 7.09. The Labute approximate surface area is 192 Å². The number of rotatable bonds is 6. The summed E-state index contributed by atoms with van der Waals surface area (Å²) in [4.78, 5) is 32.7. The van der Waals surface area contributed by atoms with Crippen molar-refractivity contribution in [2.45, 2.75) is 13.0 Å². The number of hydrogen-bond donors (Lipinski definition) is 2. The third-order valence-corrected chi connectivity index (χ3v) is 5.37. The lowest BCUT2D eigenvalue weighted by molar-refractivity contribution is -0.123. The fourth-order valence-corrected chi connectivity index (χ4v) is 3.35. The second kappa shape index (κ2) is 9.23. The van der Waals surface area contributed by atoms with Gasteiger partial charge in [-0.2, -0.15) is 0 Å². The van der Waals surface area contributed by atoms with Gasteiger partial charge >= 0.3 is 5.97 Å². The lowest BCUT2D eigenvalue weighted by Gasteiger charge is -2.13. The van der Waals surface area contributed by atoms with E-state index in [1.54, 1.807) is 37.4 Å². The molecule has 0 fully saturated rings. The number of aromatic nitrogens is 2. The molecule has 1 unspecified atom stereocenters. The van der Waals surface area contributed by atoms with Crippen LogP contribution in [0.4, 0.5) is 5.69 Å². The number of esters is 1. The molecule has 2 N–H and O–H groups in total. The molecule has 32 heavy (non-hydrogen) atoms. The Balaban J connectivity index is 1.45. The zero-order chi connectivity index (χ0) is 22.7. The first kappa shape index (κ1) is 21.6. The summed E-state index contributed by atoms with van der Waals surface area (Å²) in [7, 11) is 1.61. The predicted octanol–water partition coefficient (Wildman–Crippen LogP) is 5.19. The van der Waals surface area contributed by atoms with Crippen LogP contribution in [0.25, 0.3) is 22.4 Å². The van der Waals surface area contributed by atoms with E-state index in [-0.39, 0.29) is 0 Å². The Bertz CT molecular complexity index is 1270. The van der Waals surface area contributed by atoms with E-state index in [2.05, 4.69) is 31.2 Å². The Hall–Kier alpha value is -3.65. The fraction of sp³-hybridized carbons (Fsp3) is 0.125. The predicted molar refractivity (Wildman–Crippen MR) is 126 cm³/mol. The number of nitrogens with one attached hydrogen (secondary N) is 2. The van der Waals surface area contributed by atoms with Gasteiger partial charge in [-0.1, -0.05) is 15.9 Å². The molecule has 0 saturated heterocycles. The third kappa shape index (κ3) is 4.81. The van der Waals surface area contributed by atoms with E-state index in [1.807, 2.05) is 36.4 Å². The summed E-state index contributed by atoms with van der Waals surface area (Å²) in [6.07, 6.45) is -0.960. The van der Waals surface area contributed by atoms with Crippen molar-refractivity contribution in [3.8, 4) is 17.1 Å². The van der Waals surface area contributed by atoms with E-state index >= 15 is 0 Å². The standard InChI is InChI=1S/C24H20BrN3O4/c1-14(23(29)26-18-8-6-17(25)7-9-18)32-24(30)16-5-12-20-21(13-16)28-22(27-20)15-3-10-19(31-2)11-4-15/h3-14H,1-2H3,(H,26,29)(H,27,28). The average Bonchev–Trinajstić information content (AvgIpc) is 3.24. The van der Waals surface area contributed by atoms with Crippen molar-refractivity contribution in [1.29, 1.82) is 0 Å². The summed E-state index contributed by atoms with van der Waals surface area (Å²) in [6.45, 7) is 1.53. The number of ether oxygens (including phenoxy) is 2. The summed E-state index contributed by atoms with van der Waals surface area (Å²) in [6, 6.07) is 19.7. The monoisotopic (exact) mass is 493 g/mol. The molecule has 1 heterocycles. The van der Waals surface area contributed by atoms with E-state index in [1.165, 1.54) is 6.92 Å². The van der Waals surface area contributed by atoms with Crippen molar-refractivity contribution < 1.29 is 19.1 Å². The van der Waals surface area contributed by atoms with Gasteiger partial charge in [0.05, 0.1) is 23.7 Å². The maximum absolute atomic E-state index is 12.6. The van der Waals surface area contributed by atoms with Gasteiger partial charge in [0.15, 0.2) is 6.10 Å². The number of methoxy groups -OCH3 is 1. The van der Waals surface area contributed by atoms with Crippen LogP contribution in [0.15, 0.2) is 71.2 Å². The minimum Gasteiger partial charge on any atom is -0.497 e. The minimum absolute atomic E-state index is 0.325. The molecular formula is C24H20BrN3O4. The normalized spacial score (nSPS) is 11.7. The van der Waals surface area contributed by atoms with Crippen LogP contribution in [-0.2, 0) is 9.53 Å². The van der Waals surface area contributed by atoms with Crippen molar-refractivity contribution in [1.82, 2.24) is 9.97 Å². The van der Waals surface area contributed by atoms with Crippen LogP contribution in [0.2, 0.25) is 0 Å². The topological polar surface area (TPSA) is 93.3 Å². The van der Waals surface area contributed by atoms with Gasteiger partial charge in [0.1, 0.15) is 11.6 Å². The molecule has 0 bridgehead atoms. The van der Waals surface area contributed by atoms with Crippen LogP contribution in [0, 0.1) is 0 Å². The Kier molecular flexibility index (Phi) is 6.23. The fourth-order valence-electron chi connectivity index (χ4n) is 3.08. The molecular weight excluding hydrogens is 474 g/mol. The zero-order valence-electron chi connectivity index (χ0n) is 17.4. The first-order valence-corrected chi connectivity index (χ1v) is 10.6. The molecule has 4 rings (SSSR count). The number of carbonyl (C=O) groups excluding carboxylic acids is 2. The molecule has 3 aromatic carbocycles. The maximum Gasteiger partial charge on any atom is 0.338 e. The lowest BCUT2D eigenvalue weighted by atomic mass is 10.2. The lowest BCUT2D eigenvalue weighted by Crippen LogP contribution is -2.30. The van der Waals surface area contributed by atoms with E-state index < -0.39 is 18.0 Å². The molecule has 1 amide bonds. The molecule has 0 aliphatic heterocycles. The number of anilines is 1. The summed E-state index contributed by atoms with van der Waals surface area (Å²) in [5.41, 5.74) is 3.24. The van der Waals surface area contributed by atoms with Crippen LogP contribution >= 0.6 is 15.9 Å². The highest BCUT2D eigenvalue weighted by Crippen LogP contribution is 2.24. The molecule has 1 atom stereocenters. The van der Waals surface area contributed by atoms with Gasteiger partial charge < -0.3 is 19.8 Å². The molecule has 8 heteroatoms. The number of aromatic amines is 1. The molecule has 4 aromatic rings. The molecule has 0 aliphatic rings. The molecule has 1 aromatic heterocycles. The van der Waals surface area contributed by atoms with Crippen LogP contribution < -0.4 is 10.1 Å². The highest BCUT2D eigenvalue weighted by Gasteiger charge is 2.20. The molecule has 0 spiro atoms. The SMILES string of the molecule is COc1ccc(-c2nc3ccc(C(=O)OC(C)C(=O)Nc4ccc(Br)cc4)cc3[nH]2)cc1. The largest absolute Gasteiger partial charge is 0.497 e. The van der Waals surface area contributed by atoms with Gasteiger partial charge in [-0.25, -0.2) is 9.78 Å². The average molecular weight is 494 g/mol. The highest BCUT2D eigenvalue weighted by atomic mass is 79.9. The van der Waals surface area contributed by atoms with E-state index in [0.29, 0.717) is 28.1 Å². The number of hydrogen-bond acceptors (Lipinski definition) is 5. The van der Waals surface area contributed by atoms with Gasteiger partial charge in [-0.15, -0.1) is 0 Å². The van der Waals surface area contributed by atoms with Gasteiger partial charge in [0.2, 0.25) is 0 Å². The molecule has 0 radical (unpaired) electrons. The van der Waals surface area contributed by atoms with E-state index in [9.17, 15) is 9.59 Å². The number of halogens is 1. The zero-order valence-corrected chi connectivity index (χ0v) is 19.0. The number of amides is 1.